The van der Waals surface area contributed by atoms with Crippen LogP contribution in [0.4, 0.5) is 0 Å². The van der Waals surface area contributed by atoms with Crippen molar-refractivity contribution in [1.29, 1.82) is 0 Å². The van der Waals surface area contributed by atoms with Crippen LogP contribution in [-0.4, -0.2) is 17.5 Å². The summed E-state index contributed by atoms with van der Waals surface area (Å²) in [6.07, 6.45) is 7.84. The SMILES string of the molecule is CC[C@]1(O)CCC2C3CCc4cc5c(cc4C3CC[C@@]21C)OCO5. The first kappa shape index (κ1) is 15.1. The van der Waals surface area contributed by atoms with Gasteiger partial charge in [-0.05, 0) is 91.4 Å². The summed E-state index contributed by atoms with van der Waals surface area (Å²) in [5.74, 6) is 3.88. The third kappa shape index (κ3) is 1.77. The maximum Gasteiger partial charge on any atom is 0.231 e. The molecule has 3 aliphatic carbocycles. The van der Waals surface area contributed by atoms with E-state index in [4.69, 9.17) is 9.47 Å². The van der Waals surface area contributed by atoms with Gasteiger partial charge < -0.3 is 14.6 Å². The lowest BCUT2D eigenvalue weighted by molar-refractivity contribution is -0.104. The molecular weight excluding hydrogens is 300 g/mol. The maximum absolute atomic E-state index is 11.2. The molecule has 4 aliphatic rings. The van der Waals surface area contributed by atoms with Crippen molar-refractivity contribution in [3.63, 3.8) is 0 Å². The van der Waals surface area contributed by atoms with Crippen LogP contribution in [0.15, 0.2) is 12.1 Å². The second-order valence-corrected chi connectivity index (χ2v) is 8.70. The molecule has 5 rings (SSSR count). The average Bonchev–Trinajstić information content (AvgIpc) is 3.15. The summed E-state index contributed by atoms with van der Waals surface area (Å²) in [5.41, 5.74) is 2.63. The topological polar surface area (TPSA) is 38.7 Å². The fourth-order valence-corrected chi connectivity index (χ4v) is 6.65. The van der Waals surface area contributed by atoms with Crippen molar-refractivity contribution in [2.24, 2.45) is 17.3 Å². The zero-order valence-electron chi connectivity index (χ0n) is 14.8. The molecule has 0 saturated heterocycles. The van der Waals surface area contributed by atoms with Crippen LogP contribution in [0.5, 0.6) is 11.5 Å². The first-order valence-corrected chi connectivity index (χ1v) is 9.70. The molecule has 1 aromatic rings. The monoisotopic (exact) mass is 328 g/mol. The minimum absolute atomic E-state index is 0.108. The Kier molecular flexibility index (Phi) is 3.08. The lowest BCUT2D eigenvalue weighted by atomic mass is 9.53. The number of rotatable bonds is 1. The molecule has 24 heavy (non-hydrogen) atoms. The molecular formula is C21H28O3. The first-order valence-electron chi connectivity index (χ1n) is 9.70. The molecule has 1 N–H and O–H groups in total. The number of aryl methyl sites for hydroxylation is 1. The highest BCUT2D eigenvalue weighted by Crippen LogP contribution is 2.65. The second kappa shape index (κ2) is 4.91. The predicted octanol–water partition coefficient (Wildman–Crippen LogP) is 4.41. The van der Waals surface area contributed by atoms with E-state index in [1.54, 1.807) is 0 Å². The number of aliphatic hydroxyl groups is 1. The third-order valence-corrected chi connectivity index (χ3v) is 8.12. The summed E-state index contributed by atoms with van der Waals surface area (Å²) in [5, 5.41) is 11.2. The van der Waals surface area contributed by atoms with Crippen LogP contribution in [0.2, 0.25) is 0 Å². The van der Waals surface area contributed by atoms with Crippen LogP contribution in [0.1, 0.15) is 69.4 Å². The summed E-state index contributed by atoms with van der Waals surface area (Å²) in [6, 6.07) is 4.48. The Balaban J connectivity index is 1.53. The van der Waals surface area contributed by atoms with Crippen molar-refractivity contribution in [1.82, 2.24) is 0 Å². The van der Waals surface area contributed by atoms with E-state index in [2.05, 4.69) is 26.0 Å². The zero-order chi connectivity index (χ0) is 16.5. The molecule has 1 heterocycles. The summed E-state index contributed by atoms with van der Waals surface area (Å²) in [4.78, 5) is 0. The normalized spacial score (nSPS) is 42.4. The molecule has 0 radical (unpaired) electrons. The van der Waals surface area contributed by atoms with E-state index >= 15 is 0 Å². The van der Waals surface area contributed by atoms with Gasteiger partial charge in [-0.15, -0.1) is 0 Å². The van der Waals surface area contributed by atoms with Crippen LogP contribution in [0.3, 0.4) is 0 Å². The Labute approximate surface area is 144 Å². The molecule has 3 heteroatoms. The van der Waals surface area contributed by atoms with Gasteiger partial charge in [0.15, 0.2) is 11.5 Å². The van der Waals surface area contributed by atoms with E-state index in [1.807, 2.05) is 0 Å². The average molecular weight is 328 g/mol. The van der Waals surface area contributed by atoms with Gasteiger partial charge >= 0.3 is 0 Å². The van der Waals surface area contributed by atoms with Crippen LogP contribution in [-0.2, 0) is 6.42 Å². The summed E-state index contributed by atoms with van der Waals surface area (Å²) in [6.45, 7) is 4.90. The zero-order valence-corrected chi connectivity index (χ0v) is 14.8. The van der Waals surface area contributed by atoms with E-state index in [9.17, 15) is 5.11 Å². The number of fused-ring (bicyclic) bond motifs is 6. The van der Waals surface area contributed by atoms with E-state index in [0.29, 0.717) is 18.6 Å². The van der Waals surface area contributed by atoms with Crippen molar-refractivity contribution >= 4 is 0 Å². The van der Waals surface area contributed by atoms with Gasteiger partial charge in [0.05, 0.1) is 5.60 Å². The Hall–Kier alpha value is -1.22. The van der Waals surface area contributed by atoms with Gasteiger partial charge in [0.1, 0.15) is 0 Å². The van der Waals surface area contributed by atoms with Crippen molar-refractivity contribution in [3.05, 3.63) is 23.3 Å². The van der Waals surface area contributed by atoms with E-state index in [-0.39, 0.29) is 5.41 Å². The highest BCUT2D eigenvalue weighted by molar-refractivity contribution is 5.51. The maximum atomic E-state index is 11.2. The number of benzene rings is 1. The van der Waals surface area contributed by atoms with Crippen molar-refractivity contribution < 1.29 is 14.6 Å². The third-order valence-electron chi connectivity index (χ3n) is 8.12. The minimum atomic E-state index is -0.447. The number of hydrogen-bond donors (Lipinski definition) is 1. The standard InChI is InChI=1S/C21H28O3/c1-3-21(22)9-7-17-15-5-4-13-10-18-19(24-12-23-18)11-16(13)14(15)6-8-20(17,21)2/h10-11,14-15,17,22H,3-9,12H2,1-2H3/t14?,15?,17?,20-,21-/m0/s1. The van der Waals surface area contributed by atoms with Gasteiger partial charge in [-0.25, -0.2) is 0 Å². The summed E-state index contributed by atoms with van der Waals surface area (Å²) < 4.78 is 11.2. The minimum Gasteiger partial charge on any atom is -0.454 e. The molecule has 1 aliphatic heterocycles. The van der Waals surface area contributed by atoms with Gasteiger partial charge in [-0.1, -0.05) is 13.8 Å². The van der Waals surface area contributed by atoms with Crippen molar-refractivity contribution in [3.8, 4) is 11.5 Å². The Morgan fingerprint density at radius 2 is 1.92 bits per heavy atom. The van der Waals surface area contributed by atoms with Crippen LogP contribution in [0, 0.1) is 17.3 Å². The van der Waals surface area contributed by atoms with Gasteiger partial charge in [0.2, 0.25) is 6.79 Å². The Morgan fingerprint density at radius 3 is 2.71 bits per heavy atom. The fourth-order valence-electron chi connectivity index (χ4n) is 6.65. The van der Waals surface area contributed by atoms with Crippen molar-refractivity contribution in [2.75, 3.05) is 6.79 Å². The van der Waals surface area contributed by atoms with Crippen LogP contribution >= 0.6 is 0 Å². The first-order chi connectivity index (χ1) is 11.6. The van der Waals surface area contributed by atoms with Crippen LogP contribution < -0.4 is 9.47 Å². The molecule has 0 aromatic heterocycles. The molecule has 1 aromatic carbocycles. The molecule has 0 amide bonds. The lowest BCUT2D eigenvalue weighted by Crippen LogP contribution is -2.50. The summed E-state index contributed by atoms with van der Waals surface area (Å²) >= 11 is 0. The largest absolute Gasteiger partial charge is 0.454 e. The molecule has 2 fully saturated rings. The Morgan fingerprint density at radius 1 is 1.12 bits per heavy atom. The highest BCUT2D eigenvalue weighted by Gasteiger charge is 2.60. The van der Waals surface area contributed by atoms with Crippen molar-refractivity contribution in [2.45, 2.75) is 70.3 Å². The van der Waals surface area contributed by atoms with Gasteiger partial charge in [-0.3, -0.25) is 0 Å². The van der Waals surface area contributed by atoms with Gasteiger partial charge in [0.25, 0.3) is 0 Å². The predicted molar refractivity (Wildman–Crippen MR) is 92.4 cm³/mol. The van der Waals surface area contributed by atoms with E-state index < -0.39 is 5.60 Å². The fraction of sp³-hybridized carbons (Fsp3) is 0.714. The quantitative estimate of drug-likeness (QED) is 0.830. The van der Waals surface area contributed by atoms with E-state index in [0.717, 1.165) is 43.1 Å². The van der Waals surface area contributed by atoms with Gasteiger partial charge in [0, 0.05) is 0 Å². The Bertz CT molecular complexity index is 684. The smallest absolute Gasteiger partial charge is 0.231 e. The lowest BCUT2D eigenvalue weighted by Gasteiger charge is -2.53. The highest BCUT2D eigenvalue weighted by atomic mass is 16.7. The van der Waals surface area contributed by atoms with Crippen LogP contribution in [0.25, 0.3) is 0 Å². The molecule has 130 valence electrons. The molecule has 0 bridgehead atoms. The summed E-state index contributed by atoms with van der Waals surface area (Å²) in [7, 11) is 0. The molecule has 2 saturated carbocycles. The molecule has 5 atom stereocenters. The molecule has 0 spiro atoms. The number of hydrogen-bond acceptors (Lipinski definition) is 3. The van der Waals surface area contributed by atoms with Gasteiger partial charge in [-0.2, -0.15) is 0 Å². The second-order valence-electron chi connectivity index (χ2n) is 8.70. The molecule has 3 nitrogen and oxygen atoms in total. The molecule has 3 unspecified atom stereocenters. The number of ether oxygens (including phenoxy) is 2. The van der Waals surface area contributed by atoms with E-state index in [1.165, 1.54) is 30.4 Å².